The van der Waals surface area contributed by atoms with Crippen LogP contribution in [0.5, 0.6) is 0 Å². The topological polar surface area (TPSA) is 110 Å². The third-order valence-corrected chi connectivity index (χ3v) is 3.49. The van der Waals surface area contributed by atoms with E-state index in [0.717, 1.165) is 16.7 Å². The number of nitrogens with zero attached hydrogens (tertiary/aromatic N) is 5. The van der Waals surface area contributed by atoms with Crippen LogP contribution in [-0.4, -0.2) is 41.3 Å². The van der Waals surface area contributed by atoms with E-state index in [1.54, 1.807) is 24.3 Å². The number of aromatic carboxylic acids is 1. The summed E-state index contributed by atoms with van der Waals surface area (Å²) in [5.41, 5.74) is 3.03. The number of H-pyrrole nitrogens is 1. The van der Waals surface area contributed by atoms with Crippen molar-refractivity contribution in [2.45, 2.75) is 0 Å². The summed E-state index contributed by atoms with van der Waals surface area (Å²) in [6.45, 7) is 0. The number of imidazole rings is 1. The maximum atomic E-state index is 11.4. The van der Waals surface area contributed by atoms with Crippen LogP contribution < -0.4 is 0 Å². The first-order valence-electron chi connectivity index (χ1n) is 6.78. The van der Waals surface area contributed by atoms with Gasteiger partial charge in [0.2, 0.25) is 0 Å². The summed E-state index contributed by atoms with van der Waals surface area (Å²) >= 11 is 0. The molecule has 0 atom stereocenters. The van der Waals surface area contributed by atoms with Crippen LogP contribution in [0.4, 0.5) is 0 Å². The fourth-order valence-corrected chi connectivity index (χ4v) is 2.42. The molecule has 8 nitrogen and oxygen atoms in total. The maximum absolute atomic E-state index is 11.4. The number of nitrogens with one attached hydrogen (secondary N) is 1. The lowest BCUT2D eigenvalue weighted by Crippen LogP contribution is -1.99. The van der Waals surface area contributed by atoms with Crippen molar-refractivity contribution in [2.75, 3.05) is 0 Å². The van der Waals surface area contributed by atoms with Crippen LogP contribution >= 0.6 is 0 Å². The smallest absolute Gasteiger partial charge is 0.336 e. The molecule has 2 aromatic heterocycles. The molecule has 0 bridgehead atoms. The Morgan fingerprint density at radius 1 is 1.17 bits per heavy atom. The number of hydrogen-bond donors (Lipinski definition) is 2. The van der Waals surface area contributed by atoms with Crippen molar-refractivity contribution in [3.63, 3.8) is 0 Å². The SMILES string of the molecule is O=C(O)c1ccccc1-c1nc2ccc(-n3cnnn3)cc2[nH]1. The molecule has 23 heavy (non-hydrogen) atoms. The molecule has 0 saturated carbocycles. The Labute approximate surface area is 129 Å². The first-order valence-corrected chi connectivity index (χ1v) is 6.78. The highest BCUT2D eigenvalue weighted by molar-refractivity contribution is 5.96. The van der Waals surface area contributed by atoms with E-state index in [9.17, 15) is 9.90 Å². The highest BCUT2D eigenvalue weighted by atomic mass is 16.4. The molecule has 0 aliphatic heterocycles. The van der Waals surface area contributed by atoms with Gasteiger partial charge in [-0.1, -0.05) is 18.2 Å². The Morgan fingerprint density at radius 2 is 2.04 bits per heavy atom. The van der Waals surface area contributed by atoms with Crippen molar-refractivity contribution >= 4 is 17.0 Å². The molecule has 0 amide bonds. The quantitative estimate of drug-likeness (QED) is 0.598. The molecule has 0 spiro atoms. The zero-order valence-electron chi connectivity index (χ0n) is 11.7. The monoisotopic (exact) mass is 306 g/mol. The summed E-state index contributed by atoms with van der Waals surface area (Å²) in [5, 5.41) is 20.4. The van der Waals surface area contributed by atoms with Gasteiger partial charge in [-0.3, -0.25) is 0 Å². The lowest BCUT2D eigenvalue weighted by molar-refractivity contribution is 0.0697. The molecule has 8 heteroatoms. The van der Waals surface area contributed by atoms with Gasteiger partial charge < -0.3 is 10.1 Å². The molecule has 0 saturated heterocycles. The largest absolute Gasteiger partial charge is 0.478 e. The Balaban J connectivity index is 1.85. The second kappa shape index (κ2) is 5.02. The summed E-state index contributed by atoms with van der Waals surface area (Å²) in [4.78, 5) is 19.0. The van der Waals surface area contributed by atoms with Crippen molar-refractivity contribution in [1.29, 1.82) is 0 Å². The van der Waals surface area contributed by atoms with Gasteiger partial charge >= 0.3 is 5.97 Å². The van der Waals surface area contributed by atoms with Crippen molar-refractivity contribution in [1.82, 2.24) is 30.2 Å². The molecule has 4 aromatic rings. The number of hydrogen-bond acceptors (Lipinski definition) is 5. The van der Waals surface area contributed by atoms with Gasteiger partial charge in [-0.15, -0.1) is 5.10 Å². The molecule has 0 fully saturated rings. The number of rotatable bonds is 3. The van der Waals surface area contributed by atoms with Gasteiger partial charge in [0.15, 0.2) is 0 Å². The van der Waals surface area contributed by atoms with Crippen molar-refractivity contribution in [3.05, 3.63) is 54.4 Å². The summed E-state index contributed by atoms with van der Waals surface area (Å²) in [7, 11) is 0. The molecule has 0 aliphatic carbocycles. The van der Waals surface area contributed by atoms with E-state index in [2.05, 4.69) is 25.5 Å². The van der Waals surface area contributed by atoms with Crippen LogP contribution in [0.15, 0.2) is 48.8 Å². The maximum Gasteiger partial charge on any atom is 0.336 e. The summed E-state index contributed by atoms with van der Waals surface area (Å²) < 4.78 is 1.53. The molecule has 0 radical (unpaired) electrons. The van der Waals surface area contributed by atoms with Crippen LogP contribution in [0.1, 0.15) is 10.4 Å². The Bertz CT molecular complexity index is 1010. The van der Waals surface area contributed by atoms with E-state index in [1.807, 2.05) is 18.2 Å². The normalized spacial score (nSPS) is 11.0. The molecule has 112 valence electrons. The van der Waals surface area contributed by atoms with Gasteiger partial charge in [0.25, 0.3) is 0 Å². The van der Waals surface area contributed by atoms with E-state index in [-0.39, 0.29) is 5.56 Å². The lowest BCUT2D eigenvalue weighted by Gasteiger charge is -2.01. The van der Waals surface area contributed by atoms with Crippen LogP contribution in [0.25, 0.3) is 28.1 Å². The van der Waals surface area contributed by atoms with E-state index in [1.165, 1.54) is 11.0 Å². The van der Waals surface area contributed by atoms with Crippen LogP contribution in [-0.2, 0) is 0 Å². The number of fused-ring (bicyclic) bond motifs is 1. The second-order valence-corrected chi connectivity index (χ2v) is 4.89. The molecule has 2 aromatic carbocycles. The summed E-state index contributed by atoms with van der Waals surface area (Å²) in [6.07, 6.45) is 1.50. The first-order chi connectivity index (χ1) is 11.2. The van der Waals surface area contributed by atoms with Gasteiger partial charge in [-0.05, 0) is 34.7 Å². The molecule has 2 N–H and O–H groups in total. The average molecular weight is 306 g/mol. The molecule has 4 rings (SSSR count). The van der Waals surface area contributed by atoms with Gasteiger partial charge in [0.05, 0.1) is 22.3 Å². The number of aromatic amines is 1. The Morgan fingerprint density at radius 3 is 2.83 bits per heavy atom. The summed E-state index contributed by atoms with van der Waals surface area (Å²) in [6, 6.07) is 12.3. The van der Waals surface area contributed by atoms with E-state index in [4.69, 9.17) is 0 Å². The van der Waals surface area contributed by atoms with Gasteiger partial charge in [-0.2, -0.15) is 0 Å². The minimum absolute atomic E-state index is 0.201. The van der Waals surface area contributed by atoms with Crippen LogP contribution in [0, 0.1) is 0 Å². The second-order valence-electron chi connectivity index (χ2n) is 4.89. The van der Waals surface area contributed by atoms with Crippen LogP contribution in [0.2, 0.25) is 0 Å². The van der Waals surface area contributed by atoms with E-state index < -0.39 is 5.97 Å². The Hall–Kier alpha value is -3.55. The third-order valence-electron chi connectivity index (χ3n) is 3.49. The standard InChI is InChI=1S/C15H10N6O2/c22-15(23)11-4-2-1-3-10(11)14-17-12-6-5-9(7-13(12)18-14)21-8-16-19-20-21/h1-8H,(H,17,18)(H,22,23). The number of carboxylic acid groups (broad SMARTS) is 1. The minimum atomic E-state index is -0.990. The number of carboxylic acids is 1. The van der Waals surface area contributed by atoms with E-state index in [0.29, 0.717) is 11.4 Å². The predicted octanol–water partition coefficient (Wildman–Crippen LogP) is 1.90. The van der Waals surface area contributed by atoms with Gasteiger partial charge in [-0.25, -0.2) is 14.5 Å². The first kappa shape index (κ1) is 13.1. The fraction of sp³-hybridized carbons (Fsp3) is 0. The zero-order chi connectivity index (χ0) is 15.8. The lowest BCUT2D eigenvalue weighted by atomic mass is 10.1. The highest BCUT2D eigenvalue weighted by Gasteiger charge is 2.14. The fourth-order valence-electron chi connectivity index (χ4n) is 2.42. The molecule has 2 heterocycles. The Kier molecular flexibility index (Phi) is 2.87. The van der Waals surface area contributed by atoms with Gasteiger partial charge in [0, 0.05) is 5.56 Å². The molecule has 0 aliphatic rings. The predicted molar refractivity (Wildman–Crippen MR) is 81.2 cm³/mol. The number of carbonyl (C=O) groups is 1. The number of tetrazole rings is 1. The minimum Gasteiger partial charge on any atom is -0.478 e. The molecular weight excluding hydrogens is 296 g/mol. The molecular formula is C15H10N6O2. The highest BCUT2D eigenvalue weighted by Crippen LogP contribution is 2.25. The third kappa shape index (κ3) is 2.22. The number of benzene rings is 2. The summed E-state index contributed by atoms with van der Waals surface area (Å²) in [5.74, 6) is -0.484. The van der Waals surface area contributed by atoms with Crippen molar-refractivity contribution in [2.24, 2.45) is 0 Å². The average Bonchev–Trinajstić information content (AvgIpc) is 3.23. The van der Waals surface area contributed by atoms with Gasteiger partial charge in [0.1, 0.15) is 12.2 Å². The molecule has 0 unspecified atom stereocenters. The zero-order valence-corrected chi connectivity index (χ0v) is 11.7. The number of aromatic nitrogens is 6. The van der Waals surface area contributed by atoms with E-state index >= 15 is 0 Å². The van der Waals surface area contributed by atoms with Crippen LogP contribution in [0.3, 0.4) is 0 Å². The van der Waals surface area contributed by atoms with Crippen molar-refractivity contribution < 1.29 is 9.90 Å². The van der Waals surface area contributed by atoms with Crippen molar-refractivity contribution in [3.8, 4) is 17.1 Å².